The number of esters is 1. The van der Waals surface area contributed by atoms with Crippen LogP contribution in [-0.4, -0.2) is 32.6 Å². The van der Waals surface area contributed by atoms with Gasteiger partial charge in [0.05, 0.1) is 19.9 Å². The maximum atomic E-state index is 14.3. The number of methoxy groups -OCH3 is 2. The van der Waals surface area contributed by atoms with Gasteiger partial charge in [-0.2, -0.15) is 0 Å². The van der Waals surface area contributed by atoms with Crippen molar-refractivity contribution in [2.75, 3.05) is 25.7 Å². The summed E-state index contributed by atoms with van der Waals surface area (Å²) in [6.07, 6.45) is 4.96. The van der Waals surface area contributed by atoms with Gasteiger partial charge in [-0.25, -0.2) is 8.78 Å². The zero-order chi connectivity index (χ0) is 25.2. The summed E-state index contributed by atoms with van der Waals surface area (Å²) >= 11 is 0. The molecular weight excluding hydrogens is 428 g/mol. The van der Waals surface area contributed by atoms with E-state index in [1.165, 1.54) is 45.0 Å². The molecule has 0 saturated carbocycles. The third-order valence-corrected chi connectivity index (χ3v) is 5.60. The molecule has 33 heavy (non-hydrogen) atoms. The van der Waals surface area contributed by atoms with E-state index in [1.54, 1.807) is 19.1 Å². The Morgan fingerprint density at radius 3 is 2.33 bits per heavy atom. The monoisotopic (exact) mass is 467 g/mol. The average molecular weight is 468 g/mol. The first-order chi connectivity index (χ1) is 15.5. The number of halogens is 2. The first-order valence-corrected chi connectivity index (χ1v) is 11.6. The molecule has 0 aromatic heterocycles. The molecule has 186 valence electrons. The normalized spacial score (nSPS) is 14.3. The second-order valence-electron chi connectivity index (χ2n) is 8.62. The van der Waals surface area contributed by atoms with Crippen LogP contribution in [0, 0.1) is 5.92 Å². The maximum Gasteiger partial charge on any atom is 0.305 e. The highest BCUT2D eigenvalue weighted by Gasteiger charge is 2.40. The number of allylic oxidation sites excluding steroid dienone is 1. The molecule has 0 fully saturated rings. The fraction of sp³-hybridized carbons (Fsp3) is 0.615. The average Bonchev–Trinajstić information content (AvgIpc) is 3.05. The topological polar surface area (TPSA) is 55.8 Å². The molecule has 0 N–H and O–H groups in total. The molecule has 0 saturated heterocycles. The van der Waals surface area contributed by atoms with Crippen LogP contribution in [0.15, 0.2) is 18.2 Å². The molecule has 0 radical (unpaired) electrons. The van der Waals surface area contributed by atoms with E-state index in [2.05, 4.69) is 25.5 Å². The van der Waals surface area contributed by atoms with Gasteiger partial charge in [-0.3, -0.25) is 9.59 Å². The summed E-state index contributed by atoms with van der Waals surface area (Å²) in [5.41, 5.74) is 1.47. The van der Waals surface area contributed by atoms with Crippen molar-refractivity contribution in [1.82, 2.24) is 0 Å². The van der Waals surface area contributed by atoms with E-state index in [4.69, 9.17) is 4.74 Å². The molecule has 1 aliphatic carbocycles. The number of rotatable bonds is 9. The summed E-state index contributed by atoms with van der Waals surface area (Å²) in [7, 11) is 2.79. The number of alkyl halides is 2. The van der Waals surface area contributed by atoms with Gasteiger partial charge in [0.2, 0.25) is 5.91 Å². The Balaban J connectivity index is 0.000000801. The van der Waals surface area contributed by atoms with Crippen LogP contribution in [0.5, 0.6) is 0 Å². The molecule has 1 aliphatic rings. The Bertz CT molecular complexity index is 834. The molecule has 1 aromatic rings. The lowest BCUT2D eigenvalue weighted by atomic mass is 10.00. The summed E-state index contributed by atoms with van der Waals surface area (Å²) in [4.78, 5) is 25.0. The van der Waals surface area contributed by atoms with E-state index in [1.807, 2.05) is 0 Å². The Labute approximate surface area is 197 Å². The van der Waals surface area contributed by atoms with Gasteiger partial charge in [0.15, 0.2) is 0 Å². The highest BCUT2D eigenvalue weighted by Crippen LogP contribution is 2.45. The number of fused-ring (bicyclic) bond motifs is 1. The van der Waals surface area contributed by atoms with Gasteiger partial charge < -0.3 is 14.4 Å². The van der Waals surface area contributed by atoms with Gasteiger partial charge in [-0.05, 0) is 49.5 Å². The second kappa shape index (κ2) is 13.3. The Kier molecular flexibility index (Phi) is 11.5. The molecule has 1 amide bonds. The zero-order valence-corrected chi connectivity index (χ0v) is 21.1. The van der Waals surface area contributed by atoms with Crippen LogP contribution < -0.4 is 4.90 Å². The Hall–Kier alpha value is -2.44. The molecular formula is C26H39F2NO4. The largest absolute Gasteiger partial charge is 0.496 e. The lowest BCUT2D eigenvalue weighted by Gasteiger charge is -2.26. The van der Waals surface area contributed by atoms with E-state index in [0.717, 1.165) is 5.92 Å². The van der Waals surface area contributed by atoms with E-state index >= 15 is 0 Å². The standard InChI is InChI=1S/C20H25F2NO4.C6H14/c1-5-18(26-3)15-11-14-8-9-20(21,22)16(14)12-17(15)23(13(2)24)10-6-7-19(25)27-4;1-4-5-6(2)3/h5,11-12H,6-10H2,1-4H3;6H,4-5H2,1-3H3/b18-5+;. The van der Waals surface area contributed by atoms with Gasteiger partial charge >= 0.3 is 5.97 Å². The van der Waals surface area contributed by atoms with Crippen molar-refractivity contribution >= 4 is 23.3 Å². The first kappa shape index (κ1) is 28.6. The molecule has 5 nitrogen and oxygen atoms in total. The van der Waals surface area contributed by atoms with Crippen LogP contribution >= 0.6 is 0 Å². The second-order valence-corrected chi connectivity index (χ2v) is 8.62. The fourth-order valence-electron chi connectivity index (χ4n) is 3.92. The third-order valence-electron chi connectivity index (χ3n) is 5.60. The highest BCUT2D eigenvalue weighted by atomic mass is 19.3. The number of hydrogen-bond donors (Lipinski definition) is 0. The minimum Gasteiger partial charge on any atom is -0.496 e. The Morgan fingerprint density at radius 2 is 1.88 bits per heavy atom. The number of aryl methyl sites for hydroxylation is 1. The number of nitrogens with zero attached hydrogens (tertiary/aromatic N) is 1. The number of amides is 1. The van der Waals surface area contributed by atoms with E-state index in [-0.39, 0.29) is 43.2 Å². The van der Waals surface area contributed by atoms with E-state index < -0.39 is 5.92 Å². The van der Waals surface area contributed by atoms with Gasteiger partial charge in [-0.1, -0.05) is 33.6 Å². The molecule has 0 unspecified atom stereocenters. The summed E-state index contributed by atoms with van der Waals surface area (Å²) < 4.78 is 38.5. The highest BCUT2D eigenvalue weighted by molar-refractivity contribution is 5.95. The number of carbonyl (C=O) groups excluding carboxylic acids is 2. The minimum atomic E-state index is -2.92. The molecule has 0 bridgehead atoms. The van der Waals surface area contributed by atoms with Crippen LogP contribution in [0.3, 0.4) is 0 Å². The third kappa shape index (κ3) is 8.13. The fourth-order valence-corrected chi connectivity index (χ4v) is 3.92. The van der Waals surface area contributed by atoms with Crippen molar-refractivity contribution in [3.8, 4) is 0 Å². The van der Waals surface area contributed by atoms with Crippen LogP contribution in [0.4, 0.5) is 14.5 Å². The Morgan fingerprint density at radius 1 is 1.21 bits per heavy atom. The van der Waals surface area contributed by atoms with Crippen molar-refractivity contribution in [2.24, 2.45) is 5.92 Å². The number of anilines is 1. The van der Waals surface area contributed by atoms with Crippen LogP contribution in [0.25, 0.3) is 5.76 Å². The van der Waals surface area contributed by atoms with Crippen molar-refractivity contribution < 1.29 is 27.8 Å². The van der Waals surface area contributed by atoms with Crippen LogP contribution in [-0.2, 0) is 31.4 Å². The number of ether oxygens (including phenoxy) is 2. The smallest absolute Gasteiger partial charge is 0.305 e. The molecule has 0 spiro atoms. The molecule has 0 aliphatic heterocycles. The van der Waals surface area contributed by atoms with Gasteiger partial charge in [0.25, 0.3) is 5.92 Å². The van der Waals surface area contributed by atoms with E-state index in [0.29, 0.717) is 29.0 Å². The quantitative estimate of drug-likeness (QED) is 0.308. The van der Waals surface area contributed by atoms with Crippen molar-refractivity contribution in [2.45, 2.75) is 79.1 Å². The van der Waals surface area contributed by atoms with Crippen LogP contribution in [0.2, 0.25) is 0 Å². The molecule has 2 rings (SSSR count). The lowest BCUT2D eigenvalue weighted by Crippen LogP contribution is -2.31. The zero-order valence-electron chi connectivity index (χ0n) is 21.1. The summed E-state index contributed by atoms with van der Waals surface area (Å²) in [5, 5.41) is 0. The van der Waals surface area contributed by atoms with Crippen molar-refractivity contribution in [3.63, 3.8) is 0 Å². The first-order valence-electron chi connectivity index (χ1n) is 11.6. The summed E-state index contributed by atoms with van der Waals surface area (Å²) in [5.74, 6) is -2.20. The molecule has 0 atom stereocenters. The molecule has 1 aromatic carbocycles. The van der Waals surface area contributed by atoms with Gasteiger partial charge in [0.1, 0.15) is 5.76 Å². The van der Waals surface area contributed by atoms with Crippen molar-refractivity contribution in [3.05, 3.63) is 34.9 Å². The van der Waals surface area contributed by atoms with Crippen molar-refractivity contribution in [1.29, 1.82) is 0 Å². The van der Waals surface area contributed by atoms with E-state index in [9.17, 15) is 18.4 Å². The molecule has 7 heteroatoms. The predicted molar refractivity (Wildman–Crippen MR) is 128 cm³/mol. The summed E-state index contributed by atoms with van der Waals surface area (Å²) in [6, 6.07) is 3.07. The number of hydrogen-bond acceptors (Lipinski definition) is 4. The predicted octanol–water partition coefficient (Wildman–Crippen LogP) is 6.48. The SMILES string of the molecule is C/C=C(/OC)c1cc2c(cc1N(CCCC(=O)OC)C(C)=O)C(F)(F)CC2.CCCC(C)C. The number of carbonyl (C=O) groups is 2. The maximum absolute atomic E-state index is 14.3. The van der Waals surface area contributed by atoms with Gasteiger partial charge in [-0.15, -0.1) is 0 Å². The molecule has 0 heterocycles. The van der Waals surface area contributed by atoms with Gasteiger partial charge in [0, 0.05) is 37.4 Å². The number of benzene rings is 1. The minimum absolute atomic E-state index is 0.0491. The van der Waals surface area contributed by atoms with Crippen LogP contribution in [0.1, 0.15) is 83.4 Å². The summed E-state index contributed by atoms with van der Waals surface area (Å²) in [6.45, 7) is 10.1. The lowest BCUT2D eigenvalue weighted by molar-refractivity contribution is -0.140.